The summed E-state index contributed by atoms with van der Waals surface area (Å²) in [7, 11) is -4.20. The Balaban J connectivity index is 1.53. The first-order valence-corrected chi connectivity index (χ1v) is 13.4. The van der Waals surface area contributed by atoms with Gasteiger partial charge in [-0.25, -0.2) is 13.2 Å². The molecule has 9 nitrogen and oxygen atoms in total. The third-order valence-electron chi connectivity index (χ3n) is 4.68. The van der Waals surface area contributed by atoms with Crippen molar-refractivity contribution in [2.75, 3.05) is 17.7 Å². The van der Waals surface area contributed by atoms with Gasteiger partial charge in [-0.2, -0.15) is 0 Å². The number of carbonyl (C=O) groups is 2. The number of halogens is 1. The minimum atomic E-state index is -4.20. The van der Waals surface area contributed by atoms with Gasteiger partial charge in [0.05, 0.1) is 21.4 Å². The van der Waals surface area contributed by atoms with Crippen LogP contribution in [0.3, 0.4) is 0 Å². The molecule has 3 heterocycles. The number of nitrogens with one attached hydrogen (secondary N) is 1. The van der Waals surface area contributed by atoms with Crippen LogP contribution in [0.4, 0.5) is 5.00 Å². The Morgan fingerprint density at radius 3 is 2.72 bits per heavy atom. The number of hydrogen-bond acceptors (Lipinski definition) is 10. The molecule has 4 rings (SSSR count). The van der Waals surface area contributed by atoms with Gasteiger partial charge < -0.3 is 14.5 Å². The maximum Gasteiger partial charge on any atom is 0.341 e. The predicted molar refractivity (Wildman–Crippen MR) is 120 cm³/mol. The van der Waals surface area contributed by atoms with Gasteiger partial charge in [0.15, 0.2) is 0 Å². The van der Waals surface area contributed by atoms with E-state index in [4.69, 9.17) is 20.8 Å². The van der Waals surface area contributed by atoms with E-state index in [1.54, 1.807) is 19.1 Å². The van der Waals surface area contributed by atoms with E-state index in [1.807, 2.05) is 0 Å². The van der Waals surface area contributed by atoms with Gasteiger partial charge in [-0.15, -0.1) is 27.8 Å². The normalized spacial score (nSPS) is 13.6. The van der Waals surface area contributed by atoms with Crippen molar-refractivity contribution in [3.63, 3.8) is 0 Å². The second-order valence-corrected chi connectivity index (χ2v) is 11.6. The lowest BCUT2D eigenvalue weighted by molar-refractivity contribution is -0.113. The summed E-state index contributed by atoms with van der Waals surface area (Å²) in [5, 5.41) is 9.49. The predicted octanol–water partition coefficient (Wildman–Crippen LogP) is 3.98. The molecule has 0 radical (unpaired) electrons. The smallest absolute Gasteiger partial charge is 0.341 e. The molecule has 0 spiro atoms. The van der Waals surface area contributed by atoms with E-state index in [2.05, 4.69) is 15.5 Å². The molecule has 0 bridgehead atoms. The number of hydrogen-bond donors (Lipinski definition) is 1. The van der Waals surface area contributed by atoms with Crippen molar-refractivity contribution in [1.29, 1.82) is 0 Å². The van der Waals surface area contributed by atoms with Gasteiger partial charge in [-0.1, -0.05) is 16.7 Å². The van der Waals surface area contributed by atoms with Crippen LogP contribution in [-0.4, -0.2) is 42.9 Å². The molecule has 0 unspecified atom stereocenters. The number of thiophene rings is 2. The zero-order chi connectivity index (χ0) is 22.9. The van der Waals surface area contributed by atoms with Gasteiger partial charge in [-0.3, -0.25) is 4.79 Å². The topological polar surface area (TPSA) is 128 Å². The summed E-state index contributed by atoms with van der Waals surface area (Å²) in [5.74, 6) is -2.25. The number of amides is 1. The first-order valence-electron chi connectivity index (χ1n) is 9.72. The summed E-state index contributed by atoms with van der Waals surface area (Å²) in [6.07, 6.45) is 3.45. The van der Waals surface area contributed by atoms with Crippen LogP contribution in [0.1, 0.15) is 40.6 Å². The quantitative estimate of drug-likeness (QED) is 0.468. The van der Waals surface area contributed by atoms with Crippen molar-refractivity contribution in [3.8, 4) is 10.8 Å². The number of esters is 1. The van der Waals surface area contributed by atoms with Gasteiger partial charge >= 0.3 is 11.2 Å². The Kier molecular flexibility index (Phi) is 6.65. The summed E-state index contributed by atoms with van der Waals surface area (Å²) < 4.78 is 36.1. The lowest BCUT2D eigenvalue weighted by Crippen LogP contribution is -2.24. The van der Waals surface area contributed by atoms with Crippen molar-refractivity contribution in [2.45, 2.75) is 37.8 Å². The van der Waals surface area contributed by atoms with E-state index in [0.717, 1.165) is 41.0 Å². The lowest BCUT2D eigenvalue weighted by Gasteiger charge is -2.12. The average Bonchev–Trinajstić information content (AvgIpc) is 3.45. The maximum atomic E-state index is 12.6. The third kappa shape index (κ3) is 4.72. The number of ether oxygens (including phenoxy) is 1. The van der Waals surface area contributed by atoms with Crippen LogP contribution in [0.15, 0.2) is 21.8 Å². The van der Waals surface area contributed by atoms with Crippen molar-refractivity contribution in [2.24, 2.45) is 0 Å². The number of sulfone groups is 1. The van der Waals surface area contributed by atoms with E-state index in [0.29, 0.717) is 26.2 Å². The molecule has 3 aromatic rings. The van der Waals surface area contributed by atoms with Crippen LogP contribution in [0.5, 0.6) is 0 Å². The molecule has 1 aliphatic rings. The summed E-state index contributed by atoms with van der Waals surface area (Å²) in [4.78, 5) is 26.6. The first-order chi connectivity index (χ1) is 15.3. The Labute approximate surface area is 196 Å². The summed E-state index contributed by atoms with van der Waals surface area (Å²) in [6, 6.07) is 3.24. The molecule has 1 amide bonds. The van der Waals surface area contributed by atoms with Crippen LogP contribution in [0, 0.1) is 0 Å². The molecule has 3 aromatic heterocycles. The zero-order valence-corrected chi connectivity index (χ0v) is 20.0. The number of carbonyl (C=O) groups excluding carboxylic acids is 2. The standard InChI is InChI=1S/C19H18ClN3O6S3/c1-2-28-18(25)15-10-5-3-4-6-11(10)31-17(15)21-14(24)9-32(26,27)19-23-22-16(29-19)12-7-8-13(20)30-12/h7-8H,2-6,9H2,1H3,(H,21,24). The summed E-state index contributed by atoms with van der Waals surface area (Å²) in [5.41, 5.74) is 1.18. The van der Waals surface area contributed by atoms with Crippen molar-refractivity contribution < 1.29 is 27.2 Å². The maximum absolute atomic E-state index is 12.6. The van der Waals surface area contributed by atoms with Gasteiger partial charge in [0.2, 0.25) is 15.7 Å². The van der Waals surface area contributed by atoms with E-state index < -0.39 is 32.7 Å². The molecule has 0 saturated heterocycles. The fourth-order valence-electron chi connectivity index (χ4n) is 3.33. The molecule has 32 heavy (non-hydrogen) atoms. The molecule has 0 aromatic carbocycles. The van der Waals surface area contributed by atoms with Gasteiger partial charge in [0, 0.05) is 4.88 Å². The fraction of sp³-hybridized carbons (Fsp3) is 0.368. The lowest BCUT2D eigenvalue weighted by atomic mass is 9.95. The van der Waals surface area contributed by atoms with Crippen LogP contribution in [0.25, 0.3) is 10.8 Å². The molecule has 1 N–H and O–H groups in total. The fourth-order valence-corrected chi connectivity index (χ4v) is 6.50. The Hall–Kier alpha value is -2.28. The molecule has 0 saturated carbocycles. The molecular formula is C19H18ClN3O6S3. The van der Waals surface area contributed by atoms with Crippen LogP contribution in [0.2, 0.25) is 4.34 Å². The number of anilines is 1. The highest BCUT2D eigenvalue weighted by Crippen LogP contribution is 2.38. The third-order valence-corrected chi connectivity index (χ3v) is 8.45. The molecular weight excluding hydrogens is 498 g/mol. The first kappa shape index (κ1) is 22.9. The van der Waals surface area contributed by atoms with E-state index >= 15 is 0 Å². The van der Waals surface area contributed by atoms with Gasteiger partial charge in [-0.05, 0) is 50.3 Å². The highest BCUT2D eigenvalue weighted by atomic mass is 35.5. The Bertz CT molecular complexity index is 1280. The molecule has 170 valence electrons. The number of nitrogens with zero attached hydrogens (tertiary/aromatic N) is 2. The molecule has 13 heteroatoms. The highest BCUT2D eigenvalue weighted by molar-refractivity contribution is 7.91. The second kappa shape index (κ2) is 9.30. The van der Waals surface area contributed by atoms with Crippen molar-refractivity contribution in [3.05, 3.63) is 32.5 Å². The number of rotatable bonds is 7. The summed E-state index contributed by atoms with van der Waals surface area (Å²) in [6.45, 7) is 1.89. The number of aromatic nitrogens is 2. The number of fused-ring (bicyclic) bond motifs is 1. The largest absolute Gasteiger partial charge is 0.462 e. The average molecular weight is 516 g/mol. The van der Waals surface area contributed by atoms with Gasteiger partial charge in [0.1, 0.15) is 10.8 Å². The van der Waals surface area contributed by atoms with Crippen LogP contribution >= 0.6 is 34.3 Å². The minimum Gasteiger partial charge on any atom is -0.462 e. The number of aryl methyl sites for hydroxylation is 1. The second-order valence-electron chi connectivity index (χ2n) is 6.92. The van der Waals surface area contributed by atoms with Crippen molar-refractivity contribution >= 4 is 61.0 Å². The monoisotopic (exact) mass is 515 g/mol. The SMILES string of the molecule is CCOC(=O)c1c(NC(=O)CS(=O)(=O)c2nnc(-c3ccc(Cl)s3)o2)sc2c1CCCC2. The Morgan fingerprint density at radius 2 is 2.00 bits per heavy atom. The minimum absolute atomic E-state index is 0.00332. The molecule has 0 aliphatic heterocycles. The zero-order valence-electron chi connectivity index (χ0n) is 16.8. The molecule has 0 atom stereocenters. The van der Waals surface area contributed by atoms with Crippen LogP contribution < -0.4 is 5.32 Å². The highest BCUT2D eigenvalue weighted by Gasteiger charge is 2.30. The molecule has 0 fully saturated rings. The van der Waals surface area contributed by atoms with Crippen LogP contribution in [-0.2, 0) is 32.2 Å². The van der Waals surface area contributed by atoms with E-state index in [1.165, 1.54) is 11.3 Å². The van der Waals surface area contributed by atoms with Gasteiger partial charge in [0.25, 0.3) is 5.89 Å². The molecule has 1 aliphatic carbocycles. The summed E-state index contributed by atoms with van der Waals surface area (Å²) >= 11 is 8.31. The Morgan fingerprint density at radius 1 is 1.22 bits per heavy atom. The van der Waals surface area contributed by atoms with Crippen molar-refractivity contribution in [1.82, 2.24) is 10.2 Å². The van der Waals surface area contributed by atoms with E-state index in [-0.39, 0.29) is 12.5 Å². The van der Waals surface area contributed by atoms with E-state index in [9.17, 15) is 18.0 Å².